The van der Waals surface area contributed by atoms with Gasteiger partial charge in [-0.3, -0.25) is 4.79 Å². The van der Waals surface area contributed by atoms with E-state index in [0.29, 0.717) is 29.2 Å². The fourth-order valence-electron chi connectivity index (χ4n) is 2.14. The van der Waals surface area contributed by atoms with E-state index in [-0.39, 0.29) is 5.91 Å². The van der Waals surface area contributed by atoms with Gasteiger partial charge >= 0.3 is 5.97 Å². The van der Waals surface area contributed by atoms with Gasteiger partial charge in [0.2, 0.25) is 0 Å². The molecule has 25 heavy (non-hydrogen) atoms. The van der Waals surface area contributed by atoms with Crippen molar-refractivity contribution in [1.82, 2.24) is 0 Å². The number of ether oxygens (including phenoxy) is 2. The number of rotatable bonds is 7. The molecular formula is C19H20BrNO4. The Morgan fingerprint density at radius 1 is 1.12 bits per heavy atom. The minimum atomic E-state index is -0.420. The normalized spacial score (nSPS) is 10.2. The molecule has 0 heterocycles. The van der Waals surface area contributed by atoms with Crippen molar-refractivity contribution >= 4 is 33.5 Å². The molecule has 0 saturated carbocycles. The Labute approximate surface area is 155 Å². The second-order valence-corrected chi connectivity index (χ2v) is 6.28. The van der Waals surface area contributed by atoms with E-state index < -0.39 is 5.97 Å². The van der Waals surface area contributed by atoms with Gasteiger partial charge in [-0.05, 0) is 48.9 Å². The van der Waals surface area contributed by atoms with Crippen molar-refractivity contribution in [2.75, 3.05) is 19.0 Å². The molecule has 0 fully saturated rings. The smallest absolute Gasteiger partial charge is 0.337 e. The highest BCUT2D eigenvalue weighted by molar-refractivity contribution is 9.10. The highest BCUT2D eigenvalue weighted by Crippen LogP contribution is 2.25. The lowest BCUT2D eigenvalue weighted by molar-refractivity contribution is 0.0600. The number of amides is 1. The monoisotopic (exact) mass is 405 g/mol. The number of esters is 1. The number of hydrogen-bond donors (Lipinski definition) is 1. The lowest BCUT2D eigenvalue weighted by atomic mass is 10.1. The topological polar surface area (TPSA) is 64.6 Å². The summed E-state index contributed by atoms with van der Waals surface area (Å²) in [6.45, 7) is 2.64. The van der Waals surface area contributed by atoms with Crippen LogP contribution in [0.3, 0.4) is 0 Å². The minimum absolute atomic E-state index is 0.279. The van der Waals surface area contributed by atoms with Crippen LogP contribution >= 0.6 is 15.9 Å². The number of halogens is 1. The van der Waals surface area contributed by atoms with E-state index in [0.717, 1.165) is 17.3 Å². The number of carbonyl (C=O) groups is 2. The Morgan fingerprint density at radius 3 is 2.48 bits per heavy atom. The summed E-state index contributed by atoms with van der Waals surface area (Å²) in [5, 5.41) is 2.81. The largest absolute Gasteiger partial charge is 0.493 e. The Balaban J connectivity index is 2.14. The Hall–Kier alpha value is -2.34. The van der Waals surface area contributed by atoms with Crippen LogP contribution in [0.2, 0.25) is 0 Å². The van der Waals surface area contributed by atoms with Gasteiger partial charge in [0.05, 0.1) is 24.8 Å². The summed E-state index contributed by atoms with van der Waals surface area (Å²) in [5.41, 5.74) is 1.45. The van der Waals surface area contributed by atoms with Crippen LogP contribution in [-0.2, 0) is 4.74 Å². The molecule has 0 aliphatic rings. The van der Waals surface area contributed by atoms with Gasteiger partial charge in [-0.25, -0.2) is 4.79 Å². The van der Waals surface area contributed by atoms with E-state index >= 15 is 0 Å². The average molecular weight is 406 g/mol. The molecule has 6 heteroatoms. The van der Waals surface area contributed by atoms with E-state index in [1.165, 1.54) is 7.11 Å². The van der Waals surface area contributed by atoms with Gasteiger partial charge in [-0.15, -0.1) is 0 Å². The molecule has 0 unspecified atom stereocenters. The molecule has 2 aromatic carbocycles. The van der Waals surface area contributed by atoms with Crippen LogP contribution in [0.1, 0.15) is 40.5 Å². The van der Waals surface area contributed by atoms with Crippen molar-refractivity contribution in [3.63, 3.8) is 0 Å². The molecule has 0 saturated heterocycles. The van der Waals surface area contributed by atoms with Crippen LogP contribution < -0.4 is 10.1 Å². The van der Waals surface area contributed by atoms with E-state index in [1.807, 2.05) is 6.07 Å². The number of carbonyl (C=O) groups excluding carboxylic acids is 2. The molecule has 132 valence electrons. The van der Waals surface area contributed by atoms with Crippen molar-refractivity contribution in [1.29, 1.82) is 0 Å². The summed E-state index contributed by atoms with van der Waals surface area (Å²) in [4.78, 5) is 24.0. The van der Waals surface area contributed by atoms with E-state index in [1.54, 1.807) is 36.4 Å². The Kier molecular flexibility index (Phi) is 7.01. The first-order valence-corrected chi connectivity index (χ1v) is 8.76. The Morgan fingerprint density at radius 2 is 1.84 bits per heavy atom. The standard InChI is InChI=1S/C19H20BrNO4/c1-3-4-11-25-17-10-7-14(20)12-16(17)18(22)21-15-8-5-13(6-9-15)19(23)24-2/h5-10,12H,3-4,11H2,1-2H3,(H,21,22). The van der Waals surface area contributed by atoms with Gasteiger partial charge in [0.1, 0.15) is 5.75 Å². The number of benzene rings is 2. The zero-order valence-corrected chi connectivity index (χ0v) is 15.8. The molecule has 0 aliphatic heterocycles. The quantitative estimate of drug-likeness (QED) is 0.536. The van der Waals surface area contributed by atoms with Crippen LogP contribution in [0.4, 0.5) is 5.69 Å². The molecule has 1 N–H and O–H groups in total. The maximum atomic E-state index is 12.6. The predicted octanol–water partition coefficient (Wildman–Crippen LogP) is 4.67. The Bertz CT molecular complexity index is 744. The third-order valence-electron chi connectivity index (χ3n) is 3.51. The molecule has 0 aliphatic carbocycles. The highest BCUT2D eigenvalue weighted by atomic mass is 79.9. The second-order valence-electron chi connectivity index (χ2n) is 5.37. The fourth-order valence-corrected chi connectivity index (χ4v) is 2.50. The molecule has 5 nitrogen and oxygen atoms in total. The van der Waals surface area contributed by atoms with E-state index in [2.05, 4.69) is 32.9 Å². The van der Waals surface area contributed by atoms with Gasteiger partial charge in [0, 0.05) is 10.2 Å². The SMILES string of the molecule is CCCCOc1ccc(Br)cc1C(=O)Nc1ccc(C(=O)OC)cc1. The van der Waals surface area contributed by atoms with Gasteiger partial charge in [0.25, 0.3) is 5.91 Å². The van der Waals surface area contributed by atoms with Crippen molar-refractivity contribution in [2.24, 2.45) is 0 Å². The van der Waals surface area contributed by atoms with Gasteiger partial charge in [-0.2, -0.15) is 0 Å². The third-order valence-corrected chi connectivity index (χ3v) is 4.00. The van der Waals surface area contributed by atoms with Crippen LogP contribution in [0.15, 0.2) is 46.9 Å². The molecule has 0 radical (unpaired) electrons. The first-order valence-electron chi connectivity index (χ1n) is 7.97. The maximum Gasteiger partial charge on any atom is 0.337 e. The summed E-state index contributed by atoms with van der Waals surface area (Å²) in [6, 6.07) is 11.8. The second kappa shape index (κ2) is 9.22. The molecule has 0 aromatic heterocycles. The number of nitrogens with one attached hydrogen (secondary N) is 1. The van der Waals surface area contributed by atoms with Gasteiger partial charge in [-0.1, -0.05) is 29.3 Å². The van der Waals surface area contributed by atoms with Crippen molar-refractivity contribution in [3.05, 3.63) is 58.1 Å². The molecule has 0 bridgehead atoms. The molecule has 2 aromatic rings. The summed E-state index contributed by atoms with van der Waals surface area (Å²) in [7, 11) is 1.32. The number of hydrogen-bond acceptors (Lipinski definition) is 4. The summed E-state index contributed by atoms with van der Waals surface area (Å²) in [5.74, 6) is -0.157. The molecule has 1 amide bonds. The van der Waals surface area contributed by atoms with E-state index in [4.69, 9.17) is 4.74 Å². The minimum Gasteiger partial charge on any atom is -0.493 e. The van der Waals surface area contributed by atoms with Crippen LogP contribution in [0.5, 0.6) is 5.75 Å². The lowest BCUT2D eigenvalue weighted by Gasteiger charge is -2.12. The summed E-state index contributed by atoms with van der Waals surface area (Å²) in [6.07, 6.45) is 1.94. The summed E-state index contributed by atoms with van der Waals surface area (Å²) < 4.78 is 11.2. The number of anilines is 1. The third kappa shape index (κ3) is 5.32. The maximum absolute atomic E-state index is 12.6. The number of unbranched alkanes of at least 4 members (excludes halogenated alkanes) is 1. The van der Waals surface area contributed by atoms with Gasteiger partial charge in [0.15, 0.2) is 0 Å². The molecule has 0 spiro atoms. The first kappa shape index (κ1) is 19.0. The molecule has 0 atom stereocenters. The van der Waals surface area contributed by atoms with Crippen LogP contribution in [0.25, 0.3) is 0 Å². The fraction of sp³-hybridized carbons (Fsp3) is 0.263. The molecular weight excluding hydrogens is 386 g/mol. The van der Waals surface area contributed by atoms with Crippen molar-refractivity contribution < 1.29 is 19.1 Å². The predicted molar refractivity (Wildman–Crippen MR) is 100 cm³/mol. The zero-order chi connectivity index (χ0) is 18.2. The molecule has 2 rings (SSSR count). The van der Waals surface area contributed by atoms with Crippen LogP contribution in [-0.4, -0.2) is 25.6 Å². The average Bonchev–Trinajstić information content (AvgIpc) is 2.63. The zero-order valence-electron chi connectivity index (χ0n) is 14.2. The summed E-state index contributed by atoms with van der Waals surface area (Å²) >= 11 is 3.38. The van der Waals surface area contributed by atoms with Crippen molar-refractivity contribution in [3.8, 4) is 5.75 Å². The number of methoxy groups -OCH3 is 1. The van der Waals surface area contributed by atoms with Crippen LogP contribution in [0, 0.1) is 0 Å². The van der Waals surface area contributed by atoms with E-state index in [9.17, 15) is 9.59 Å². The highest BCUT2D eigenvalue weighted by Gasteiger charge is 2.14. The van der Waals surface area contributed by atoms with Gasteiger partial charge < -0.3 is 14.8 Å². The first-order chi connectivity index (χ1) is 12.0. The lowest BCUT2D eigenvalue weighted by Crippen LogP contribution is -2.14. The van der Waals surface area contributed by atoms with Crippen molar-refractivity contribution in [2.45, 2.75) is 19.8 Å².